The van der Waals surface area contributed by atoms with Gasteiger partial charge in [-0.1, -0.05) is 28.4 Å². The van der Waals surface area contributed by atoms with E-state index in [-0.39, 0.29) is 13.2 Å². The second-order valence-corrected chi connectivity index (χ2v) is 4.52. The molecule has 0 fully saturated rings. The van der Waals surface area contributed by atoms with Gasteiger partial charge in [0.15, 0.2) is 0 Å². The number of halogens is 1. The Morgan fingerprint density at radius 2 is 1.80 bits per heavy atom. The van der Waals surface area contributed by atoms with Crippen LogP contribution in [-0.4, -0.2) is 16.8 Å². The minimum absolute atomic E-state index is 0.0998. The maximum Gasteiger partial charge on any atom is 0.0684 e. The molecule has 2 nitrogen and oxygen atoms in total. The fourth-order valence-electron chi connectivity index (χ4n) is 1.59. The van der Waals surface area contributed by atoms with Gasteiger partial charge in [-0.3, -0.25) is 0 Å². The van der Waals surface area contributed by atoms with Gasteiger partial charge < -0.3 is 10.2 Å². The lowest BCUT2D eigenvalue weighted by Crippen LogP contribution is -1.95. The van der Waals surface area contributed by atoms with Gasteiger partial charge in [0.25, 0.3) is 0 Å². The van der Waals surface area contributed by atoms with E-state index in [9.17, 15) is 0 Å². The van der Waals surface area contributed by atoms with Crippen LogP contribution in [0.25, 0.3) is 0 Å². The first kappa shape index (κ1) is 12.7. The van der Waals surface area contributed by atoms with Gasteiger partial charge in [-0.05, 0) is 42.5 Å². The highest BCUT2D eigenvalue weighted by atomic mass is 79.9. The maximum atomic E-state index is 9.16. The van der Waals surface area contributed by atoms with E-state index < -0.39 is 0 Å². The van der Waals surface area contributed by atoms with Crippen molar-refractivity contribution in [3.63, 3.8) is 0 Å². The first-order valence-corrected chi connectivity index (χ1v) is 6.06. The van der Waals surface area contributed by atoms with Crippen molar-refractivity contribution >= 4 is 15.9 Å². The first-order chi connectivity index (χ1) is 7.27. The molecule has 0 spiro atoms. The molecule has 0 saturated carbocycles. The van der Waals surface area contributed by atoms with Gasteiger partial charge in [0.1, 0.15) is 0 Å². The Labute approximate surface area is 99.1 Å². The highest BCUT2D eigenvalue weighted by Crippen LogP contribution is 2.19. The minimum atomic E-state index is 0.0998. The predicted molar refractivity (Wildman–Crippen MR) is 64.7 cm³/mol. The molecule has 0 aliphatic carbocycles. The van der Waals surface area contributed by atoms with Crippen molar-refractivity contribution in [2.45, 2.75) is 32.3 Å². The molecule has 84 valence electrons. The van der Waals surface area contributed by atoms with E-state index in [2.05, 4.69) is 22.0 Å². The number of aliphatic hydroxyl groups is 2. The molecule has 0 aliphatic heterocycles. The summed E-state index contributed by atoms with van der Waals surface area (Å²) in [6.07, 6.45) is 3.93. The van der Waals surface area contributed by atoms with Crippen molar-refractivity contribution in [3.8, 4) is 0 Å². The highest BCUT2D eigenvalue weighted by molar-refractivity contribution is 9.10. The van der Waals surface area contributed by atoms with Gasteiger partial charge in [0.2, 0.25) is 0 Å². The molecule has 0 bridgehead atoms. The number of rotatable bonds is 6. The van der Waals surface area contributed by atoms with E-state index in [1.54, 1.807) is 0 Å². The van der Waals surface area contributed by atoms with Crippen LogP contribution in [-0.2, 0) is 13.0 Å². The molecule has 0 heterocycles. The molecule has 0 aromatic heterocycles. The minimum Gasteiger partial charge on any atom is -0.396 e. The lowest BCUT2D eigenvalue weighted by atomic mass is 10.0. The van der Waals surface area contributed by atoms with Crippen LogP contribution in [0.2, 0.25) is 0 Å². The molecule has 2 N–H and O–H groups in total. The van der Waals surface area contributed by atoms with Gasteiger partial charge in [-0.15, -0.1) is 0 Å². The number of aryl methyl sites for hydroxylation is 1. The van der Waals surface area contributed by atoms with E-state index in [0.29, 0.717) is 0 Å². The summed E-state index contributed by atoms with van der Waals surface area (Å²) in [5.41, 5.74) is 2.20. The van der Waals surface area contributed by atoms with E-state index >= 15 is 0 Å². The third kappa shape index (κ3) is 4.33. The Kier molecular flexibility index (Phi) is 5.91. The summed E-state index contributed by atoms with van der Waals surface area (Å²) in [5, 5.41) is 17.8. The Morgan fingerprint density at radius 1 is 1.00 bits per heavy atom. The molecule has 1 aromatic rings. The Bertz CT molecular complexity index is 300. The van der Waals surface area contributed by atoms with Crippen LogP contribution in [0.5, 0.6) is 0 Å². The molecule has 0 radical (unpaired) electrons. The molecular weight excluding hydrogens is 256 g/mol. The van der Waals surface area contributed by atoms with Crippen molar-refractivity contribution in [1.82, 2.24) is 0 Å². The maximum absolute atomic E-state index is 9.16. The summed E-state index contributed by atoms with van der Waals surface area (Å²) < 4.78 is 1.05. The van der Waals surface area contributed by atoms with Crippen LogP contribution < -0.4 is 0 Å². The second kappa shape index (κ2) is 6.99. The average Bonchev–Trinajstić information content (AvgIpc) is 2.25. The highest BCUT2D eigenvalue weighted by Gasteiger charge is 2.02. The third-order valence-electron chi connectivity index (χ3n) is 2.44. The molecule has 0 saturated heterocycles. The van der Waals surface area contributed by atoms with Crippen molar-refractivity contribution in [1.29, 1.82) is 0 Å². The zero-order chi connectivity index (χ0) is 11.1. The smallest absolute Gasteiger partial charge is 0.0684 e. The number of aliphatic hydroxyl groups excluding tert-OH is 2. The van der Waals surface area contributed by atoms with Crippen molar-refractivity contribution in [2.24, 2.45) is 0 Å². The van der Waals surface area contributed by atoms with E-state index in [1.165, 1.54) is 5.56 Å². The van der Waals surface area contributed by atoms with Crippen LogP contribution in [0, 0.1) is 0 Å². The summed E-state index contributed by atoms with van der Waals surface area (Å²) >= 11 is 3.43. The van der Waals surface area contributed by atoms with Crippen LogP contribution in [0.15, 0.2) is 22.7 Å². The lowest BCUT2D eigenvalue weighted by molar-refractivity contribution is 0.278. The Balaban J connectivity index is 2.54. The first-order valence-electron chi connectivity index (χ1n) is 5.27. The van der Waals surface area contributed by atoms with Crippen LogP contribution >= 0.6 is 15.9 Å². The SMILES string of the molecule is OCCCCCc1cc(Br)ccc1CO. The molecule has 0 atom stereocenters. The summed E-state index contributed by atoms with van der Waals surface area (Å²) in [6, 6.07) is 5.96. The summed E-state index contributed by atoms with van der Waals surface area (Å²) in [7, 11) is 0. The fraction of sp³-hybridized carbons (Fsp3) is 0.500. The molecule has 0 unspecified atom stereocenters. The van der Waals surface area contributed by atoms with Gasteiger partial charge >= 0.3 is 0 Å². The van der Waals surface area contributed by atoms with Gasteiger partial charge in [-0.25, -0.2) is 0 Å². The normalized spacial score (nSPS) is 10.6. The van der Waals surface area contributed by atoms with Crippen LogP contribution in [0.3, 0.4) is 0 Å². The number of unbranched alkanes of at least 4 members (excludes halogenated alkanes) is 2. The Morgan fingerprint density at radius 3 is 2.47 bits per heavy atom. The molecule has 3 heteroatoms. The van der Waals surface area contributed by atoms with Gasteiger partial charge in [0.05, 0.1) is 6.61 Å². The van der Waals surface area contributed by atoms with Crippen molar-refractivity contribution < 1.29 is 10.2 Å². The molecule has 0 amide bonds. The predicted octanol–water partition coefficient (Wildman–Crippen LogP) is 2.65. The summed E-state index contributed by atoms with van der Waals surface area (Å²) in [4.78, 5) is 0. The number of hydrogen-bond donors (Lipinski definition) is 2. The van der Waals surface area contributed by atoms with Crippen molar-refractivity contribution in [2.75, 3.05) is 6.61 Å². The molecule has 1 rings (SSSR count). The average molecular weight is 273 g/mol. The third-order valence-corrected chi connectivity index (χ3v) is 2.94. The number of benzene rings is 1. The van der Waals surface area contributed by atoms with Gasteiger partial charge in [0, 0.05) is 11.1 Å². The largest absolute Gasteiger partial charge is 0.396 e. The number of hydrogen-bond acceptors (Lipinski definition) is 2. The standard InChI is InChI=1S/C12H17BrO2/c13-12-6-5-11(9-15)10(8-12)4-2-1-3-7-14/h5-6,8,14-15H,1-4,7,9H2. The quantitative estimate of drug-likeness (QED) is 0.782. The van der Waals surface area contributed by atoms with Gasteiger partial charge in [-0.2, -0.15) is 0 Å². The fourth-order valence-corrected chi connectivity index (χ4v) is 1.99. The Hall–Kier alpha value is -0.380. The molecule has 1 aromatic carbocycles. The topological polar surface area (TPSA) is 40.5 Å². The monoisotopic (exact) mass is 272 g/mol. The second-order valence-electron chi connectivity index (χ2n) is 3.61. The molecular formula is C12H17BrO2. The summed E-state index contributed by atoms with van der Waals surface area (Å²) in [6.45, 7) is 0.369. The van der Waals surface area contributed by atoms with Crippen LogP contribution in [0.1, 0.15) is 30.4 Å². The zero-order valence-corrected chi connectivity index (χ0v) is 10.3. The molecule has 15 heavy (non-hydrogen) atoms. The summed E-state index contributed by atoms with van der Waals surface area (Å²) in [5.74, 6) is 0. The van der Waals surface area contributed by atoms with E-state index in [4.69, 9.17) is 10.2 Å². The van der Waals surface area contributed by atoms with E-state index in [1.807, 2.05) is 12.1 Å². The van der Waals surface area contributed by atoms with E-state index in [0.717, 1.165) is 35.7 Å². The zero-order valence-electron chi connectivity index (χ0n) is 8.75. The molecule has 0 aliphatic rings. The van der Waals surface area contributed by atoms with Crippen LogP contribution in [0.4, 0.5) is 0 Å². The van der Waals surface area contributed by atoms with Crippen molar-refractivity contribution in [3.05, 3.63) is 33.8 Å². The lowest BCUT2D eigenvalue weighted by Gasteiger charge is -2.07.